The summed E-state index contributed by atoms with van der Waals surface area (Å²) in [5.41, 5.74) is -0.334. The molecular weight excluding hydrogens is 402 g/mol. The smallest absolute Gasteiger partial charge is 0.341 e. The van der Waals surface area contributed by atoms with Gasteiger partial charge in [-0.25, -0.2) is 9.37 Å². The summed E-state index contributed by atoms with van der Waals surface area (Å²) in [5.74, 6) is -0.280. The van der Waals surface area contributed by atoms with Crippen LogP contribution in [0.5, 0.6) is 0 Å². The number of alkyl halides is 3. The van der Waals surface area contributed by atoms with Crippen molar-refractivity contribution >= 4 is 16.9 Å². The summed E-state index contributed by atoms with van der Waals surface area (Å²) in [7, 11) is 0. The maximum absolute atomic E-state index is 14.0. The first-order chi connectivity index (χ1) is 13.9. The van der Waals surface area contributed by atoms with Gasteiger partial charge >= 0.3 is 6.18 Å². The number of benzene rings is 1. The van der Waals surface area contributed by atoms with Crippen LogP contribution in [0.2, 0.25) is 0 Å². The van der Waals surface area contributed by atoms with Crippen LogP contribution in [0.3, 0.4) is 0 Å². The Morgan fingerprint density at radius 2 is 1.90 bits per heavy atom. The van der Waals surface area contributed by atoms with Gasteiger partial charge in [0.1, 0.15) is 22.7 Å². The second-order valence-electron chi connectivity index (χ2n) is 8.84. The molecule has 30 heavy (non-hydrogen) atoms. The number of aromatic amines is 1. The lowest BCUT2D eigenvalue weighted by atomic mass is 10.1. The number of imidazole rings is 1. The third-order valence-electron chi connectivity index (χ3n) is 6.17. The van der Waals surface area contributed by atoms with Crippen LogP contribution in [0.4, 0.5) is 17.6 Å². The van der Waals surface area contributed by atoms with E-state index in [1.807, 2.05) is 11.8 Å². The summed E-state index contributed by atoms with van der Waals surface area (Å²) in [6, 6.07) is 3.42. The van der Waals surface area contributed by atoms with E-state index in [2.05, 4.69) is 20.2 Å². The number of carbonyl (C=O) groups is 1. The van der Waals surface area contributed by atoms with Crippen LogP contribution < -0.4 is 5.32 Å². The maximum Gasteiger partial charge on any atom is 0.410 e. The number of piperazine rings is 1. The highest BCUT2D eigenvalue weighted by atomic mass is 19.4. The number of hydrogen-bond donors (Lipinski definition) is 2. The molecule has 0 radical (unpaired) electrons. The lowest BCUT2D eigenvalue weighted by Crippen LogP contribution is -2.57. The fraction of sp³-hybridized carbons (Fsp3) is 0.600. The zero-order valence-corrected chi connectivity index (χ0v) is 17.1. The molecule has 2 atom stereocenters. The molecule has 2 aliphatic heterocycles. The number of H-pyrrole nitrogens is 1. The first kappa shape index (κ1) is 21.0. The Kier molecular flexibility index (Phi) is 5.05. The van der Waals surface area contributed by atoms with E-state index in [1.54, 1.807) is 6.07 Å². The summed E-state index contributed by atoms with van der Waals surface area (Å²) in [5, 5.41) is 2.09. The number of hydrogen-bond acceptors (Lipinski definition) is 4. The number of halogens is 4. The van der Waals surface area contributed by atoms with Crippen LogP contribution in [0.15, 0.2) is 12.1 Å². The number of amides is 1. The Labute approximate surface area is 171 Å². The predicted molar refractivity (Wildman–Crippen MR) is 103 cm³/mol. The third kappa shape index (κ3) is 3.78. The molecule has 164 valence electrons. The first-order valence-electron chi connectivity index (χ1n) is 9.94. The minimum atomic E-state index is -4.51. The van der Waals surface area contributed by atoms with Gasteiger partial charge in [-0.15, -0.1) is 0 Å². The Morgan fingerprint density at radius 1 is 1.23 bits per heavy atom. The minimum Gasteiger partial charge on any atom is -0.341 e. The van der Waals surface area contributed by atoms with Gasteiger partial charge in [0.25, 0.3) is 0 Å². The topological polar surface area (TPSA) is 64.3 Å². The van der Waals surface area contributed by atoms with E-state index < -0.39 is 17.6 Å². The molecule has 2 unspecified atom stereocenters. The van der Waals surface area contributed by atoms with Crippen molar-refractivity contribution in [1.82, 2.24) is 25.1 Å². The molecule has 0 aliphatic carbocycles. The fourth-order valence-corrected chi connectivity index (χ4v) is 4.37. The molecule has 4 rings (SSSR count). The van der Waals surface area contributed by atoms with E-state index in [-0.39, 0.29) is 24.4 Å². The number of rotatable bonds is 5. The van der Waals surface area contributed by atoms with E-state index in [9.17, 15) is 22.4 Å². The molecule has 1 aromatic heterocycles. The Hall–Kier alpha value is -2.20. The molecule has 2 aromatic rings. The summed E-state index contributed by atoms with van der Waals surface area (Å²) < 4.78 is 52.9. The van der Waals surface area contributed by atoms with E-state index >= 15 is 0 Å². The van der Waals surface area contributed by atoms with Gasteiger partial charge in [-0.05, 0) is 38.8 Å². The van der Waals surface area contributed by atoms with Crippen molar-refractivity contribution in [2.45, 2.75) is 57.5 Å². The number of fused-ring (bicyclic) bond motifs is 3. The van der Waals surface area contributed by atoms with Crippen molar-refractivity contribution in [2.24, 2.45) is 0 Å². The number of nitrogens with zero attached hydrogens (tertiary/aromatic N) is 3. The zero-order chi connectivity index (χ0) is 21.8. The van der Waals surface area contributed by atoms with E-state index in [1.165, 1.54) is 6.07 Å². The van der Waals surface area contributed by atoms with Crippen LogP contribution in [0.1, 0.15) is 31.7 Å². The second-order valence-corrected chi connectivity index (χ2v) is 8.84. The lowest BCUT2D eigenvalue weighted by Gasteiger charge is -2.34. The van der Waals surface area contributed by atoms with Crippen molar-refractivity contribution in [3.05, 3.63) is 29.3 Å². The Balaban J connectivity index is 1.35. The summed E-state index contributed by atoms with van der Waals surface area (Å²) in [4.78, 5) is 23.9. The van der Waals surface area contributed by atoms with E-state index in [0.717, 1.165) is 25.8 Å². The average Bonchev–Trinajstić information content (AvgIpc) is 3.31. The predicted octanol–water partition coefficient (Wildman–Crippen LogP) is 2.73. The van der Waals surface area contributed by atoms with E-state index in [0.29, 0.717) is 36.5 Å². The molecule has 1 aromatic carbocycles. The summed E-state index contributed by atoms with van der Waals surface area (Å²) >= 11 is 0. The van der Waals surface area contributed by atoms with Crippen molar-refractivity contribution in [2.75, 3.05) is 19.6 Å². The van der Waals surface area contributed by atoms with Gasteiger partial charge in [-0.2, -0.15) is 13.2 Å². The number of aryl methyl sites for hydroxylation is 1. The fourth-order valence-electron chi connectivity index (χ4n) is 4.37. The van der Waals surface area contributed by atoms with Crippen LogP contribution in [0, 0.1) is 12.7 Å². The van der Waals surface area contributed by atoms with Gasteiger partial charge in [0.15, 0.2) is 0 Å². The number of aromatic nitrogens is 2. The summed E-state index contributed by atoms with van der Waals surface area (Å²) in [6.07, 6.45) is -3.66. The largest absolute Gasteiger partial charge is 0.410 e. The van der Waals surface area contributed by atoms with Gasteiger partial charge in [0, 0.05) is 25.2 Å². The maximum atomic E-state index is 14.0. The summed E-state index contributed by atoms with van der Waals surface area (Å²) in [6.45, 7) is 5.59. The Morgan fingerprint density at radius 3 is 2.50 bits per heavy atom. The van der Waals surface area contributed by atoms with Crippen LogP contribution in [0.25, 0.3) is 11.0 Å². The normalized spacial score (nSPS) is 22.9. The molecule has 1 amide bonds. The van der Waals surface area contributed by atoms with Gasteiger partial charge < -0.3 is 10.3 Å². The molecular formula is C20H25F4N5O. The number of likely N-dealkylation sites (tertiary alicyclic amines) is 2. The van der Waals surface area contributed by atoms with Gasteiger partial charge in [0.2, 0.25) is 5.91 Å². The molecule has 0 saturated carbocycles. The van der Waals surface area contributed by atoms with Crippen LogP contribution in [-0.2, 0) is 11.3 Å². The number of carbonyl (C=O) groups excluding carboxylic acids is 1. The van der Waals surface area contributed by atoms with Gasteiger partial charge in [-0.1, -0.05) is 6.07 Å². The van der Waals surface area contributed by atoms with Crippen molar-refractivity contribution in [1.29, 1.82) is 0 Å². The van der Waals surface area contributed by atoms with Crippen LogP contribution >= 0.6 is 0 Å². The molecule has 0 spiro atoms. The number of nitrogens with one attached hydrogen (secondary N) is 2. The lowest BCUT2D eigenvalue weighted by molar-refractivity contribution is -0.188. The molecule has 2 aliphatic rings. The van der Waals surface area contributed by atoms with Gasteiger partial charge in [-0.3, -0.25) is 14.6 Å². The standard InChI is InChI=1S/C20H25F4N5O/c1-11-4-5-14(21)18-17(11)25-15(26-18)9-28-7-13-6-12(28)8-29(13)10-16(30)27-19(2,3)20(22,23)24/h4-5,12-13H,6-10H2,1-3H3,(H,25,26)(H,27,30). The van der Waals surface area contributed by atoms with Crippen molar-refractivity contribution < 1.29 is 22.4 Å². The SMILES string of the molecule is Cc1ccc(F)c2[nH]c(CN3CC4CC3CN4CC(=O)NC(C)(C)C(F)(F)F)nc12. The van der Waals surface area contributed by atoms with Crippen LogP contribution in [-0.4, -0.2) is 69.1 Å². The first-order valence-corrected chi connectivity index (χ1v) is 9.94. The highest BCUT2D eigenvalue weighted by Crippen LogP contribution is 2.33. The molecule has 2 bridgehead atoms. The highest BCUT2D eigenvalue weighted by molar-refractivity contribution is 5.79. The highest BCUT2D eigenvalue weighted by Gasteiger charge is 2.49. The molecule has 2 fully saturated rings. The molecule has 2 saturated heterocycles. The third-order valence-corrected chi connectivity index (χ3v) is 6.17. The zero-order valence-electron chi connectivity index (χ0n) is 17.1. The molecule has 2 N–H and O–H groups in total. The molecule has 3 heterocycles. The monoisotopic (exact) mass is 427 g/mol. The molecule has 10 heteroatoms. The van der Waals surface area contributed by atoms with Gasteiger partial charge in [0.05, 0.1) is 18.6 Å². The quantitative estimate of drug-likeness (QED) is 0.721. The van der Waals surface area contributed by atoms with Crippen molar-refractivity contribution in [3.63, 3.8) is 0 Å². The minimum absolute atomic E-state index is 0.0520. The Bertz CT molecular complexity index is 931. The second kappa shape index (κ2) is 7.19. The van der Waals surface area contributed by atoms with Crippen molar-refractivity contribution in [3.8, 4) is 0 Å². The average molecular weight is 427 g/mol. The van der Waals surface area contributed by atoms with E-state index in [4.69, 9.17) is 0 Å². The molecule has 6 nitrogen and oxygen atoms in total.